The topological polar surface area (TPSA) is 122 Å². The van der Waals surface area contributed by atoms with Crippen molar-refractivity contribution in [3.63, 3.8) is 0 Å². The van der Waals surface area contributed by atoms with Crippen molar-refractivity contribution in [2.75, 3.05) is 5.32 Å². The third kappa shape index (κ3) is 3.93. The van der Waals surface area contributed by atoms with Crippen molar-refractivity contribution in [3.8, 4) is 0 Å². The number of fused-ring (bicyclic) bond motifs is 1. The number of carbonyl (C=O) groups excluding carboxylic acids is 3. The highest BCUT2D eigenvalue weighted by Crippen LogP contribution is 2.50. The van der Waals surface area contributed by atoms with Crippen LogP contribution in [0.1, 0.15) is 18.4 Å². The van der Waals surface area contributed by atoms with Gasteiger partial charge in [0.05, 0.1) is 16.8 Å². The minimum absolute atomic E-state index is 0.0486. The van der Waals surface area contributed by atoms with E-state index in [1.165, 1.54) is 29.2 Å². The molecule has 1 saturated carbocycles. The van der Waals surface area contributed by atoms with Gasteiger partial charge in [0.1, 0.15) is 6.17 Å². The average Bonchev–Trinajstić information content (AvgIpc) is 3.12. The Morgan fingerprint density at radius 3 is 2.24 bits per heavy atom. The molecule has 4 amide bonds. The van der Waals surface area contributed by atoms with E-state index >= 15 is 0 Å². The number of hydrogen-bond donors (Lipinski definition) is 2. The Morgan fingerprint density at radius 1 is 1.00 bits per heavy atom. The van der Waals surface area contributed by atoms with Gasteiger partial charge in [-0.2, -0.15) is 0 Å². The van der Waals surface area contributed by atoms with E-state index in [1.807, 2.05) is 30.3 Å². The molecule has 2 aromatic rings. The van der Waals surface area contributed by atoms with Crippen LogP contribution in [-0.4, -0.2) is 33.8 Å². The van der Waals surface area contributed by atoms with Gasteiger partial charge in [-0.1, -0.05) is 48.6 Å². The summed E-state index contributed by atoms with van der Waals surface area (Å²) in [6.07, 6.45) is 5.25. The summed E-state index contributed by atoms with van der Waals surface area (Å²) in [4.78, 5) is 51.5. The lowest BCUT2D eigenvalue weighted by Crippen LogP contribution is -2.53. The predicted octanol–water partition coefficient (Wildman–Crippen LogP) is 3.48. The number of imide groups is 1. The molecule has 2 N–H and O–H groups in total. The first kappa shape index (κ1) is 21.8. The number of non-ortho nitro benzene ring substituents is 1. The molecule has 174 valence electrons. The van der Waals surface area contributed by atoms with E-state index in [0.717, 1.165) is 18.4 Å². The van der Waals surface area contributed by atoms with Crippen molar-refractivity contribution < 1.29 is 19.3 Å². The molecule has 3 aliphatic carbocycles. The van der Waals surface area contributed by atoms with Crippen LogP contribution >= 0.6 is 0 Å². The lowest BCUT2D eigenvalue weighted by atomic mass is 9.63. The van der Waals surface area contributed by atoms with Gasteiger partial charge >= 0.3 is 6.03 Å². The summed E-state index contributed by atoms with van der Waals surface area (Å²) in [5.74, 6) is -1.15. The minimum atomic E-state index is -0.883. The first-order valence-electron chi connectivity index (χ1n) is 11.3. The molecule has 6 rings (SSSR count). The molecule has 0 unspecified atom stereocenters. The second-order valence-electron chi connectivity index (χ2n) is 9.00. The summed E-state index contributed by atoms with van der Waals surface area (Å²) in [6.45, 7) is 0. The van der Waals surface area contributed by atoms with Crippen molar-refractivity contribution in [2.45, 2.75) is 25.4 Å². The number of nitrogens with one attached hydrogen (secondary N) is 2. The summed E-state index contributed by atoms with van der Waals surface area (Å²) in [5.41, 5.74) is 0.940. The number of allylic oxidation sites excluding steroid dienone is 2. The van der Waals surface area contributed by atoms with Gasteiger partial charge in [0.15, 0.2) is 0 Å². The number of urea groups is 1. The van der Waals surface area contributed by atoms with Gasteiger partial charge in [-0.05, 0) is 36.3 Å². The maximum absolute atomic E-state index is 13.5. The van der Waals surface area contributed by atoms with E-state index in [2.05, 4.69) is 22.8 Å². The van der Waals surface area contributed by atoms with Crippen LogP contribution in [0, 0.1) is 33.8 Å². The van der Waals surface area contributed by atoms with E-state index in [9.17, 15) is 24.5 Å². The summed E-state index contributed by atoms with van der Waals surface area (Å²) >= 11 is 0. The molecule has 1 heterocycles. The van der Waals surface area contributed by atoms with E-state index in [0.29, 0.717) is 0 Å². The maximum atomic E-state index is 13.5. The number of likely N-dealkylation sites (tertiary alicyclic amines) is 1. The zero-order valence-corrected chi connectivity index (χ0v) is 18.3. The van der Waals surface area contributed by atoms with Gasteiger partial charge in [0, 0.05) is 24.2 Å². The molecular weight excluding hydrogens is 436 g/mol. The van der Waals surface area contributed by atoms with Crippen LogP contribution in [0.2, 0.25) is 0 Å². The number of benzene rings is 2. The third-order valence-electron chi connectivity index (χ3n) is 6.99. The first-order chi connectivity index (χ1) is 16.4. The number of hydrogen-bond acceptors (Lipinski definition) is 5. The van der Waals surface area contributed by atoms with Gasteiger partial charge in [0.2, 0.25) is 11.8 Å². The van der Waals surface area contributed by atoms with Crippen molar-refractivity contribution in [2.24, 2.45) is 23.7 Å². The van der Waals surface area contributed by atoms with Crippen LogP contribution in [0.4, 0.5) is 16.2 Å². The monoisotopic (exact) mass is 460 g/mol. The summed E-state index contributed by atoms with van der Waals surface area (Å²) in [5, 5.41) is 16.4. The molecule has 9 nitrogen and oxygen atoms in total. The van der Waals surface area contributed by atoms with Gasteiger partial charge in [0.25, 0.3) is 5.69 Å². The lowest BCUT2D eigenvalue weighted by molar-refractivity contribution is -0.384. The number of anilines is 1. The van der Waals surface area contributed by atoms with E-state index in [-0.39, 0.29) is 53.3 Å². The van der Waals surface area contributed by atoms with Crippen molar-refractivity contribution >= 4 is 29.2 Å². The number of carbonyl (C=O) groups is 3. The molecule has 0 spiro atoms. The second kappa shape index (κ2) is 8.74. The second-order valence-corrected chi connectivity index (χ2v) is 9.00. The molecule has 0 radical (unpaired) electrons. The Balaban J connectivity index is 1.39. The molecule has 34 heavy (non-hydrogen) atoms. The first-order valence-corrected chi connectivity index (χ1v) is 11.3. The molecule has 2 aromatic carbocycles. The SMILES string of the molecule is O=C(Nc1cccc([N+](=O)[O-])c1)N[C@@H](Cc1ccccc1)N1C(=O)[C@@H]2[C@H](C1=O)[C@H]1C=C[C@H]2CC1. The Morgan fingerprint density at radius 2 is 1.65 bits per heavy atom. The third-order valence-corrected chi connectivity index (χ3v) is 6.99. The van der Waals surface area contributed by atoms with E-state index in [1.54, 1.807) is 0 Å². The smallest absolute Gasteiger partial charge is 0.317 e. The molecule has 0 aromatic heterocycles. The molecule has 9 heteroatoms. The Kier molecular flexibility index (Phi) is 5.61. The highest BCUT2D eigenvalue weighted by atomic mass is 16.6. The molecule has 5 atom stereocenters. The molecule has 4 aliphatic rings. The number of nitrogens with zero attached hydrogens (tertiary/aromatic N) is 2. The zero-order valence-electron chi connectivity index (χ0n) is 18.3. The fourth-order valence-electron chi connectivity index (χ4n) is 5.46. The van der Waals surface area contributed by atoms with Crippen LogP contribution in [0.25, 0.3) is 0 Å². The highest BCUT2D eigenvalue weighted by Gasteiger charge is 2.58. The van der Waals surface area contributed by atoms with Crippen molar-refractivity contribution in [1.82, 2.24) is 10.2 Å². The fraction of sp³-hybridized carbons (Fsp3) is 0.320. The average molecular weight is 460 g/mol. The highest BCUT2D eigenvalue weighted by molar-refractivity contribution is 6.06. The number of nitro groups is 1. The fourth-order valence-corrected chi connectivity index (χ4v) is 5.46. The summed E-state index contributed by atoms with van der Waals surface area (Å²) < 4.78 is 0. The van der Waals surface area contributed by atoms with Crippen LogP contribution in [0.5, 0.6) is 0 Å². The van der Waals surface area contributed by atoms with E-state index in [4.69, 9.17) is 0 Å². The Hall–Kier alpha value is -4.01. The van der Waals surface area contributed by atoms with E-state index < -0.39 is 17.1 Å². The summed E-state index contributed by atoms with van der Waals surface area (Å²) in [6, 6.07) is 14.2. The van der Waals surface area contributed by atoms with Crippen LogP contribution < -0.4 is 10.6 Å². The lowest BCUT2D eigenvalue weighted by Gasteiger charge is -2.38. The Bertz CT molecular complexity index is 1150. The predicted molar refractivity (Wildman–Crippen MR) is 123 cm³/mol. The number of nitro benzene ring substituents is 1. The number of rotatable bonds is 6. The molecule has 2 bridgehead atoms. The Labute approximate surface area is 196 Å². The minimum Gasteiger partial charge on any atom is -0.317 e. The van der Waals surface area contributed by atoms with Gasteiger partial charge in [-0.25, -0.2) is 4.79 Å². The standard InChI is InChI=1S/C25H24N4O5/c30-23-21-16-9-10-17(12-11-16)22(21)24(31)28(23)20(13-15-5-2-1-3-6-15)27-25(32)26-18-7-4-8-19(14-18)29(33)34/h1-10,14,16-17,20-22H,11-13H2,(H2,26,27,32)/t16-,17-,20+,21-,22+/m0/s1. The quantitative estimate of drug-likeness (QED) is 0.296. The molecule has 1 aliphatic heterocycles. The summed E-state index contributed by atoms with van der Waals surface area (Å²) in [7, 11) is 0. The van der Waals surface area contributed by atoms with Crippen LogP contribution in [-0.2, 0) is 16.0 Å². The van der Waals surface area contributed by atoms with Crippen LogP contribution in [0.15, 0.2) is 66.7 Å². The van der Waals surface area contributed by atoms with Gasteiger partial charge < -0.3 is 10.6 Å². The molecule has 2 fully saturated rings. The van der Waals surface area contributed by atoms with Gasteiger partial charge in [-0.15, -0.1) is 0 Å². The molecule has 1 saturated heterocycles. The van der Waals surface area contributed by atoms with Crippen LogP contribution in [0.3, 0.4) is 0 Å². The maximum Gasteiger partial charge on any atom is 0.320 e. The normalized spacial score (nSPS) is 25.7. The largest absolute Gasteiger partial charge is 0.320 e. The zero-order chi connectivity index (χ0) is 23.8. The van der Waals surface area contributed by atoms with Gasteiger partial charge in [-0.3, -0.25) is 24.6 Å². The number of amides is 4. The van der Waals surface area contributed by atoms with Crippen molar-refractivity contribution in [3.05, 3.63) is 82.4 Å². The molecular formula is C25H24N4O5. The van der Waals surface area contributed by atoms with Crippen molar-refractivity contribution in [1.29, 1.82) is 0 Å².